The molecule has 36 heavy (non-hydrogen) atoms. The Bertz CT molecular complexity index is 1410. The summed E-state index contributed by atoms with van der Waals surface area (Å²) in [7, 11) is 0. The highest BCUT2D eigenvalue weighted by molar-refractivity contribution is 5.95. The molecule has 2 aromatic carbocycles. The van der Waals surface area contributed by atoms with Gasteiger partial charge in [-0.3, -0.25) is 14.4 Å². The largest absolute Gasteiger partial charge is 0.342 e. The topological polar surface area (TPSA) is 86.4 Å². The highest BCUT2D eigenvalue weighted by Crippen LogP contribution is 2.42. The van der Waals surface area contributed by atoms with Gasteiger partial charge in [-0.15, -0.1) is 0 Å². The fourth-order valence-corrected chi connectivity index (χ4v) is 5.82. The Hall–Kier alpha value is -3.55. The molecule has 2 aliphatic heterocycles. The number of carbonyl (C=O) groups excluding carboxylic acids is 2. The smallest absolute Gasteiger partial charge is 0.272 e. The van der Waals surface area contributed by atoms with Gasteiger partial charge in [0.2, 0.25) is 5.91 Å². The second-order valence-electron chi connectivity index (χ2n) is 10.6. The van der Waals surface area contributed by atoms with Crippen molar-refractivity contribution in [3.8, 4) is 0 Å². The van der Waals surface area contributed by atoms with Gasteiger partial charge in [-0.1, -0.05) is 24.3 Å². The summed E-state index contributed by atoms with van der Waals surface area (Å²) < 4.78 is 14.8. The summed E-state index contributed by atoms with van der Waals surface area (Å²) in [5, 5.41) is 8.03. The lowest BCUT2D eigenvalue weighted by Gasteiger charge is -2.39. The van der Waals surface area contributed by atoms with Gasteiger partial charge >= 0.3 is 0 Å². The summed E-state index contributed by atoms with van der Waals surface area (Å²) in [6.45, 7) is 2.71. The van der Waals surface area contributed by atoms with Crippen LogP contribution < -0.4 is 5.56 Å². The van der Waals surface area contributed by atoms with Crippen LogP contribution in [0.5, 0.6) is 0 Å². The van der Waals surface area contributed by atoms with E-state index in [1.165, 1.54) is 6.07 Å². The molecule has 7 nitrogen and oxygen atoms in total. The number of fused-ring (bicyclic) bond motifs is 1. The second-order valence-corrected chi connectivity index (χ2v) is 10.6. The molecule has 1 aliphatic carbocycles. The van der Waals surface area contributed by atoms with E-state index in [9.17, 15) is 18.8 Å². The van der Waals surface area contributed by atoms with E-state index in [1.54, 1.807) is 29.2 Å². The van der Waals surface area contributed by atoms with Gasteiger partial charge in [-0.05, 0) is 61.3 Å². The maximum absolute atomic E-state index is 14.8. The Morgan fingerprint density at radius 2 is 1.69 bits per heavy atom. The van der Waals surface area contributed by atoms with Gasteiger partial charge in [0.05, 0.1) is 16.6 Å². The summed E-state index contributed by atoms with van der Waals surface area (Å²) in [6.07, 6.45) is 5.07. The summed E-state index contributed by atoms with van der Waals surface area (Å²) in [5.74, 6) is -0.296. The maximum atomic E-state index is 14.8. The molecular formula is C28H29FN4O3. The molecule has 3 aliphatic rings. The van der Waals surface area contributed by atoms with E-state index in [1.807, 2.05) is 17.0 Å². The number of H-pyrrole nitrogens is 1. The molecular weight excluding hydrogens is 459 g/mol. The van der Waals surface area contributed by atoms with Gasteiger partial charge in [0.25, 0.3) is 11.5 Å². The number of halogens is 1. The van der Waals surface area contributed by atoms with E-state index in [2.05, 4.69) is 10.2 Å². The van der Waals surface area contributed by atoms with Crippen molar-refractivity contribution in [2.45, 2.75) is 38.5 Å². The number of nitrogens with one attached hydrogen (secondary N) is 1. The number of hydrogen-bond acceptors (Lipinski definition) is 4. The van der Waals surface area contributed by atoms with E-state index >= 15 is 0 Å². The minimum atomic E-state index is -0.533. The monoisotopic (exact) mass is 488 g/mol. The van der Waals surface area contributed by atoms with Crippen molar-refractivity contribution in [3.63, 3.8) is 0 Å². The second kappa shape index (κ2) is 8.84. The first-order valence-corrected chi connectivity index (χ1v) is 12.8. The first-order valence-electron chi connectivity index (χ1n) is 12.8. The number of benzene rings is 2. The van der Waals surface area contributed by atoms with Crippen LogP contribution >= 0.6 is 0 Å². The summed E-state index contributed by atoms with van der Waals surface area (Å²) in [6, 6.07) is 11.8. The number of aromatic nitrogens is 2. The summed E-state index contributed by atoms with van der Waals surface area (Å²) >= 11 is 0. The van der Waals surface area contributed by atoms with E-state index in [-0.39, 0.29) is 28.4 Å². The SMILES string of the molecule is O=C(c1cc(Cc2n[nH]c(=O)c3ccccc23)ccc1F)N1CCC2(CCN(C(=O)C3CC3)CC2)C1. The molecule has 3 fully saturated rings. The Kier molecular flexibility index (Phi) is 5.62. The average Bonchev–Trinajstić information content (AvgIpc) is 3.68. The zero-order valence-corrected chi connectivity index (χ0v) is 20.1. The molecule has 2 saturated heterocycles. The van der Waals surface area contributed by atoms with Crippen molar-refractivity contribution in [3.05, 3.63) is 75.5 Å². The molecule has 3 aromatic rings. The fraction of sp³-hybridized carbons (Fsp3) is 0.429. The first-order chi connectivity index (χ1) is 17.4. The number of aromatic amines is 1. The number of likely N-dealkylation sites (tertiary alicyclic amines) is 2. The van der Waals surface area contributed by atoms with Gasteiger partial charge in [0.1, 0.15) is 5.82 Å². The van der Waals surface area contributed by atoms with Crippen LogP contribution in [0, 0.1) is 17.2 Å². The van der Waals surface area contributed by atoms with Gasteiger partial charge in [0, 0.05) is 43.9 Å². The number of amides is 2. The molecule has 8 heteroatoms. The van der Waals surface area contributed by atoms with Crippen LogP contribution in [-0.2, 0) is 11.2 Å². The number of carbonyl (C=O) groups is 2. The summed E-state index contributed by atoms with van der Waals surface area (Å²) in [4.78, 5) is 41.6. The third kappa shape index (κ3) is 4.18. The minimum Gasteiger partial charge on any atom is -0.342 e. The molecule has 2 amide bonds. The normalized spacial score (nSPS) is 19.2. The van der Waals surface area contributed by atoms with E-state index in [0.29, 0.717) is 36.5 Å². The molecule has 0 bridgehead atoms. The Morgan fingerprint density at radius 1 is 1.00 bits per heavy atom. The maximum Gasteiger partial charge on any atom is 0.272 e. The van der Waals surface area contributed by atoms with E-state index in [4.69, 9.17) is 0 Å². The Labute approximate surface area is 208 Å². The molecule has 0 atom stereocenters. The predicted octanol–water partition coefficient (Wildman–Crippen LogP) is 3.52. The van der Waals surface area contributed by atoms with Gasteiger partial charge in [0.15, 0.2) is 0 Å². The number of nitrogens with zero attached hydrogens (tertiary/aromatic N) is 3. The van der Waals surface area contributed by atoms with Crippen molar-refractivity contribution in [2.24, 2.45) is 11.3 Å². The zero-order valence-electron chi connectivity index (χ0n) is 20.1. The lowest BCUT2D eigenvalue weighted by Crippen LogP contribution is -2.45. The van der Waals surface area contributed by atoms with Crippen molar-refractivity contribution in [1.82, 2.24) is 20.0 Å². The van der Waals surface area contributed by atoms with Crippen molar-refractivity contribution < 1.29 is 14.0 Å². The Balaban J connectivity index is 1.17. The Morgan fingerprint density at radius 3 is 2.42 bits per heavy atom. The van der Waals surface area contributed by atoms with Crippen LogP contribution in [0.3, 0.4) is 0 Å². The highest BCUT2D eigenvalue weighted by Gasteiger charge is 2.44. The third-order valence-corrected chi connectivity index (χ3v) is 8.20. The molecule has 0 unspecified atom stereocenters. The molecule has 3 heterocycles. The van der Waals surface area contributed by atoms with Crippen LogP contribution in [0.4, 0.5) is 4.39 Å². The van der Waals surface area contributed by atoms with Crippen molar-refractivity contribution in [2.75, 3.05) is 26.2 Å². The number of piperidine rings is 1. The van der Waals surface area contributed by atoms with Crippen LogP contribution in [0.1, 0.15) is 53.7 Å². The summed E-state index contributed by atoms with van der Waals surface area (Å²) in [5.41, 5.74) is 1.26. The van der Waals surface area contributed by atoms with Crippen molar-refractivity contribution in [1.29, 1.82) is 0 Å². The molecule has 1 saturated carbocycles. The number of hydrogen-bond donors (Lipinski definition) is 1. The number of rotatable bonds is 4. The fourth-order valence-electron chi connectivity index (χ4n) is 5.82. The lowest BCUT2D eigenvalue weighted by atomic mass is 9.77. The van der Waals surface area contributed by atoms with Crippen molar-refractivity contribution >= 4 is 22.6 Å². The molecule has 186 valence electrons. The predicted molar refractivity (Wildman–Crippen MR) is 133 cm³/mol. The van der Waals surface area contributed by atoms with Gasteiger partial charge < -0.3 is 9.80 Å². The third-order valence-electron chi connectivity index (χ3n) is 8.20. The standard InChI is InChI=1S/C28H29FN4O3/c29-23-8-5-18(16-24-20-3-1-2-4-21(20)25(34)31-30-24)15-22(23)27(36)33-14-11-28(17-33)9-12-32(13-10-28)26(35)19-6-7-19/h1-5,8,15,19H,6-7,9-14,16-17H2,(H,31,34). The van der Waals surface area contributed by atoms with Crippen LogP contribution in [0.25, 0.3) is 10.8 Å². The molecule has 1 spiro atoms. The van der Waals surface area contributed by atoms with Crippen LogP contribution in [0.2, 0.25) is 0 Å². The zero-order chi connectivity index (χ0) is 24.9. The van der Waals surface area contributed by atoms with Gasteiger partial charge in [-0.25, -0.2) is 9.49 Å². The quantitative estimate of drug-likeness (QED) is 0.609. The lowest BCUT2D eigenvalue weighted by molar-refractivity contribution is -0.134. The molecule has 1 N–H and O–H groups in total. The molecule has 1 aromatic heterocycles. The van der Waals surface area contributed by atoms with Crippen LogP contribution in [-0.4, -0.2) is 58.0 Å². The van der Waals surface area contributed by atoms with Gasteiger partial charge in [-0.2, -0.15) is 5.10 Å². The molecule has 0 radical (unpaired) electrons. The van der Waals surface area contributed by atoms with Crippen LogP contribution in [0.15, 0.2) is 47.3 Å². The highest BCUT2D eigenvalue weighted by atomic mass is 19.1. The van der Waals surface area contributed by atoms with E-state index < -0.39 is 5.82 Å². The molecule has 6 rings (SSSR count). The van der Waals surface area contributed by atoms with E-state index in [0.717, 1.165) is 56.1 Å². The average molecular weight is 489 g/mol. The minimum absolute atomic E-state index is 0.0167. The first kappa shape index (κ1) is 22.9.